The summed E-state index contributed by atoms with van der Waals surface area (Å²) in [5, 5.41) is 3.12. The van der Waals surface area contributed by atoms with E-state index in [2.05, 4.69) is 10.3 Å². The third kappa shape index (κ3) is 4.32. The molecule has 0 aliphatic heterocycles. The van der Waals surface area contributed by atoms with Crippen molar-refractivity contribution >= 4 is 22.4 Å². The summed E-state index contributed by atoms with van der Waals surface area (Å²) in [5.41, 5.74) is 6.37. The van der Waals surface area contributed by atoms with Gasteiger partial charge in [0.05, 0.1) is 6.04 Å². The highest BCUT2D eigenvalue weighted by atomic mass is 32.1. The Kier molecular flexibility index (Phi) is 5.57. The molecule has 2 rings (SSSR count). The summed E-state index contributed by atoms with van der Waals surface area (Å²) in [6, 6.07) is 3.22. The van der Waals surface area contributed by atoms with Crippen LogP contribution in [0.1, 0.15) is 30.2 Å². The number of thiazole rings is 1. The number of carbonyl (C=O) groups is 1. The summed E-state index contributed by atoms with van der Waals surface area (Å²) < 4.78 is 26.0. The molecule has 118 valence electrons. The molecule has 0 radical (unpaired) electrons. The lowest BCUT2D eigenvalue weighted by Gasteiger charge is -2.08. The van der Waals surface area contributed by atoms with Gasteiger partial charge in [-0.3, -0.25) is 4.79 Å². The van der Waals surface area contributed by atoms with Gasteiger partial charge < -0.3 is 11.1 Å². The van der Waals surface area contributed by atoms with Crippen molar-refractivity contribution in [3.8, 4) is 0 Å². The minimum absolute atomic E-state index is 0.268. The second-order valence-corrected chi connectivity index (χ2v) is 6.06. The van der Waals surface area contributed by atoms with Gasteiger partial charge in [0.2, 0.25) is 5.91 Å². The molecule has 4 nitrogen and oxygen atoms in total. The van der Waals surface area contributed by atoms with Crippen LogP contribution in [0.4, 0.5) is 13.9 Å². The molecule has 7 heteroatoms. The monoisotopic (exact) mass is 325 g/mol. The largest absolute Gasteiger partial charge is 0.320 e. The zero-order valence-electron chi connectivity index (χ0n) is 12.1. The molecule has 0 aliphatic carbocycles. The number of hydrogen-bond acceptors (Lipinski definition) is 4. The number of anilines is 1. The minimum Gasteiger partial charge on any atom is -0.320 e. The Labute approximate surface area is 131 Å². The van der Waals surface area contributed by atoms with Crippen LogP contribution in [0, 0.1) is 11.6 Å². The van der Waals surface area contributed by atoms with Crippen LogP contribution >= 0.6 is 11.3 Å². The molecule has 1 unspecified atom stereocenters. The van der Waals surface area contributed by atoms with Crippen LogP contribution in [-0.2, 0) is 11.2 Å². The average Bonchev–Trinajstić information content (AvgIpc) is 2.90. The van der Waals surface area contributed by atoms with Crippen molar-refractivity contribution in [1.82, 2.24) is 4.98 Å². The molecule has 2 aromatic rings. The predicted octanol–water partition coefficient (Wildman–Crippen LogP) is 3.08. The van der Waals surface area contributed by atoms with Gasteiger partial charge in [-0.25, -0.2) is 13.8 Å². The first-order chi connectivity index (χ1) is 10.5. The number of nitrogens with one attached hydrogen (secondary N) is 1. The molecule has 1 aromatic heterocycles. The maximum absolute atomic E-state index is 13.2. The molecule has 0 saturated heterocycles. The van der Waals surface area contributed by atoms with Crippen LogP contribution in [0.5, 0.6) is 0 Å². The van der Waals surface area contributed by atoms with Crippen molar-refractivity contribution in [3.63, 3.8) is 0 Å². The number of carbonyl (C=O) groups excluding carboxylic acids is 1. The van der Waals surface area contributed by atoms with Gasteiger partial charge in [0.25, 0.3) is 0 Å². The Morgan fingerprint density at radius 2 is 2.18 bits per heavy atom. The number of nitrogens with two attached hydrogens (primary N) is 1. The molecule has 0 fully saturated rings. The molecule has 22 heavy (non-hydrogen) atoms. The lowest BCUT2D eigenvalue weighted by atomic mass is 10.1. The standard InChI is InChI=1S/C15H17F2N3OS/c1-2-3-13(18)14(21)20-15-19-8-10(22-15)6-9-4-5-11(16)12(17)7-9/h4-5,7-8,13H,2-3,6,18H2,1H3,(H,19,20,21). The summed E-state index contributed by atoms with van der Waals surface area (Å²) in [6.07, 6.45) is 3.46. The van der Waals surface area contributed by atoms with Crippen molar-refractivity contribution in [2.75, 3.05) is 5.32 Å². The van der Waals surface area contributed by atoms with E-state index in [9.17, 15) is 13.6 Å². The molecular weight excluding hydrogens is 308 g/mol. The van der Waals surface area contributed by atoms with Crippen molar-refractivity contribution in [2.24, 2.45) is 5.73 Å². The van der Waals surface area contributed by atoms with E-state index >= 15 is 0 Å². The fourth-order valence-corrected chi connectivity index (χ4v) is 2.79. The molecule has 0 spiro atoms. The van der Waals surface area contributed by atoms with E-state index in [-0.39, 0.29) is 5.91 Å². The van der Waals surface area contributed by atoms with E-state index in [1.165, 1.54) is 17.4 Å². The lowest BCUT2D eigenvalue weighted by molar-refractivity contribution is -0.117. The molecular formula is C15H17F2N3OS. The van der Waals surface area contributed by atoms with Crippen LogP contribution < -0.4 is 11.1 Å². The second-order valence-electron chi connectivity index (χ2n) is 4.94. The van der Waals surface area contributed by atoms with E-state index < -0.39 is 17.7 Å². The highest BCUT2D eigenvalue weighted by Gasteiger charge is 2.14. The Bertz CT molecular complexity index is 660. The molecule has 3 N–H and O–H groups in total. The topological polar surface area (TPSA) is 68.0 Å². The summed E-state index contributed by atoms with van der Waals surface area (Å²) in [6.45, 7) is 1.95. The fraction of sp³-hybridized carbons (Fsp3) is 0.333. The average molecular weight is 325 g/mol. The maximum Gasteiger partial charge on any atom is 0.243 e. The van der Waals surface area contributed by atoms with E-state index in [0.29, 0.717) is 23.5 Å². The summed E-state index contributed by atoms with van der Waals surface area (Å²) in [7, 11) is 0. The fourth-order valence-electron chi connectivity index (χ4n) is 1.94. The van der Waals surface area contributed by atoms with Gasteiger partial charge in [-0.1, -0.05) is 19.4 Å². The number of benzene rings is 1. The smallest absolute Gasteiger partial charge is 0.243 e. The SMILES string of the molecule is CCCC(N)C(=O)Nc1ncc(Cc2ccc(F)c(F)c2)s1. The zero-order valence-corrected chi connectivity index (χ0v) is 12.9. The van der Waals surface area contributed by atoms with Crippen LogP contribution in [0.3, 0.4) is 0 Å². The van der Waals surface area contributed by atoms with Crippen molar-refractivity contribution in [2.45, 2.75) is 32.2 Å². The molecule has 1 atom stereocenters. The molecule has 1 heterocycles. The first-order valence-corrected chi connectivity index (χ1v) is 7.76. The summed E-state index contributed by atoms with van der Waals surface area (Å²) in [5.74, 6) is -2.01. The van der Waals surface area contributed by atoms with Gasteiger partial charge in [-0.05, 0) is 24.1 Å². The Balaban J connectivity index is 1.99. The van der Waals surface area contributed by atoms with Gasteiger partial charge in [0.1, 0.15) is 0 Å². The van der Waals surface area contributed by atoms with Gasteiger partial charge in [0, 0.05) is 17.5 Å². The highest BCUT2D eigenvalue weighted by Crippen LogP contribution is 2.22. The lowest BCUT2D eigenvalue weighted by Crippen LogP contribution is -2.35. The van der Waals surface area contributed by atoms with E-state index in [0.717, 1.165) is 23.4 Å². The number of aromatic nitrogens is 1. The summed E-state index contributed by atoms with van der Waals surface area (Å²) in [4.78, 5) is 16.7. The summed E-state index contributed by atoms with van der Waals surface area (Å²) >= 11 is 1.29. The predicted molar refractivity (Wildman–Crippen MR) is 82.8 cm³/mol. The number of rotatable bonds is 6. The van der Waals surface area contributed by atoms with E-state index in [1.807, 2.05) is 6.92 Å². The second kappa shape index (κ2) is 7.42. The Morgan fingerprint density at radius 1 is 1.41 bits per heavy atom. The van der Waals surface area contributed by atoms with Crippen molar-refractivity contribution in [1.29, 1.82) is 0 Å². The van der Waals surface area contributed by atoms with Gasteiger partial charge >= 0.3 is 0 Å². The highest BCUT2D eigenvalue weighted by molar-refractivity contribution is 7.15. The number of hydrogen-bond donors (Lipinski definition) is 2. The Hall–Kier alpha value is -1.86. The molecule has 0 saturated carbocycles. The Morgan fingerprint density at radius 3 is 2.86 bits per heavy atom. The first-order valence-electron chi connectivity index (χ1n) is 6.94. The molecule has 1 amide bonds. The van der Waals surface area contributed by atoms with Crippen LogP contribution in [0.15, 0.2) is 24.4 Å². The minimum atomic E-state index is -0.874. The maximum atomic E-state index is 13.2. The quantitative estimate of drug-likeness (QED) is 0.857. The van der Waals surface area contributed by atoms with Crippen molar-refractivity contribution < 1.29 is 13.6 Å². The van der Waals surface area contributed by atoms with Crippen LogP contribution in [-0.4, -0.2) is 16.9 Å². The number of amides is 1. The van der Waals surface area contributed by atoms with Gasteiger partial charge in [0.15, 0.2) is 16.8 Å². The first kappa shape index (κ1) is 16.5. The molecule has 0 bridgehead atoms. The van der Waals surface area contributed by atoms with Crippen molar-refractivity contribution in [3.05, 3.63) is 46.5 Å². The third-order valence-corrected chi connectivity index (χ3v) is 4.00. The van der Waals surface area contributed by atoms with Gasteiger partial charge in [-0.15, -0.1) is 11.3 Å². The zero-order chi connectivity index (χ0) is 16.1. The molecule has 0 aliphatic rings. The number of halogens is 2. The number of nitrogens with zero attached hydrogens (tertiary/aromatic N) is 1. The van der Waals surface area contributed by atoms with Crippen LogP contribution in [0.2, 0.25) is 0 Å². The van der Waals surface area contributed by atoms with E-state index in [4.69, 9.17) is 5.73 Å². The molecule has 1 aromatic carbocycles. The van der Waals surface area contributed by atoms with Gasteiger partial charge in [-0.2, -0.15) is 0 Å². The van der Waals surface area contributed by atoms with E-state index in [1.54, 1.807) is 6.20 Å². The normalized spacial score (nSPS) is 12.2. The van der Waals surface area contributed by atoms with Crippen LogP contribution in [0.25, 0.3) is 0 Å². The third-order valence-electron chi connectivity index (χ3n) is 3.08.